The Bertz CT molecular complexity index is 991. The number of carbonyl (C=O) groups is 1. The van der Waals surface area contributed by atoms with Gasteiger partial charge in [-0.25, -0.2) is 8.42 Å². The number of pyridine rings is 1. The summed E-state index contributed by atoms with van der Waals surface area (Å²) in [6.45, 7) is 5.54. The second kappa shape index (κ2) is 6.97. The van der Waals surface area contributed by atoms with Crippen molar-refractivity contribution >= 4 is 15.9 Å². The number of amides is 1. The first-order chi connectivity index (χ1) is 13.4. The molecule has 1 saturated heterocycles. The Morgan fingerprint density at radius 1 is 1.21 bits per heavy atom. The molecule has 1 fully saturated rings. The highest BCUT2D eigenvalue weighted by Gasteiger charge is 2.57. The highest BCUT2D eigenvalue weighted by atomic mass is 32.2. The van der Waals surface area contributed by atoms with Crippen molar-refractivity contribution in [2.24, 2.45) is 5.92 Å². The standard InChI is InChI=1S/C21H25N3O3S/c1-16(2)9-12-24-21(18-7-3-4-8-19(18)28(24,26)27)10-13-23(15-21)20(25)17-6-5-11-22-14-17/h3-8,11,14,16H,9-10,12-13,15H2,1-2H3/t21-/m1/s1. The summed E-state index contributed by atoms with van der Waals surface area (Å²) >= 11 is 0. The molecular weight excluding hydrogens is 374 g/mol. The largest absolute Gasteiger partial charge is 0.336 e. The van der Waals surface area contributed by atoms with E-state index in [-0.39, 0.29) is 5.91 Å². The van der Waals surface area contributed by atoms with Crippen molar-refractivity contribution in [3.63, 3.8) is 0 Å². The molecule has 2 aliphatic heterocycles. The van der Waals surface area contributed by atoms with Gasteiger partial charge in [0.2, 0.25) is 10.0 Å². The number of hydrogen-bond donors (Lipinski definition) is 0. The summed E-state index contributed by atoms with van der Waals surface area (Å²) in [5.74, 6) is 0.293. The van der Waals surface area contributed by atoms with Gasteiger partial charge in [0.25, 0.3) is 5.91 Å². The van der Waals surface area contributed by atoms with E-state index in [4.69, 9.17) is 0 Å². The van der Waals surface area contributed by atoms with E-state index in [0.29, 0.717) is 42.4 Å². The molecule has 1 spiro atoms. The molecule has 3 heterocycles. The molecule has 1 atom stereocenters. The SMILES string of the molecule is CC(C)CCN1[C@@]2(CCN(C(=O)c3cccnc3)C2)c2ccccc2S1(=O)=O. The predicted octanol–water partition coefficient (Wildman–Crippen LogP) is 2.87. The fourth-order valence-corrected chi connectivity index (χ4v) is 6.41. The summed E-state index contributed by atoms with van der Waals surface area (Å²) in [6, 6.07) is 10.7. The van der Waals surface area contributed by atoms with Gasteiger partial charge in [-0.05, 0) is 42.5 Å². The van der Waals surface area contributed by atoms with Gasteiger partial charge in [-0.1, -0.05) is 32.0 Å². The van der Waals surface area contributed by atoms with E-state index in [1.54, 1.807) is 45.9 Å². The Hall–Kier alpha value is -2.25. The Morgan fingerprint density at radius 2 is 2.00 bits per heavy atom. The maximum atomic E-state index is 13.3. The van der Waals surface area contributed by atoms with Crippen LogP contribution in [0.25, 0.3) is 0 Å². The minimum atomic E-state index is -3.56. The Labute approximate surface area is 166 Å². The summed E-state index contributed by atoms with van der Waals surface area (Å²) < 4.78 is 28.3. The molecule has 0 bridgehead atoms. The van der Waals surface area contributed by atoms with Crippen LogP contribution in [0, 0.1) is 5.92 Å². The van der Waals surface area contributed by atoms with E-state index in [9.17, 15) is 13.2 Å². The number of likely N-dealkylation sites (tertiary alicyclic amines) is 1. The maximum absolute atomic E-state index is 13.3. The molecule has 0 saturated carbocycles. The zero-order valence-corrected chi connectivity index (χ0v) is 17.0. The summed E-state index contributed by atoms with van der Waals surface area (Å²) in [5.41, 5.74) is 0.671. The third-order valence-electron chi connectivity index (χ3n) is 5.79. The second-order valence-electron chi connectivity index (χ2n) is 8.01. The van der Waals surface area contributed by atoms with Gasteiger partial charge in [0, 0.05) is 32.0 Å². The molecule has 0 radical (unpaired) electrons. The Morgan fingerprint density at radius 3 is 2.71 bits per heavy atom. The first kappa shape index (κ1) is 19.1. The molecule has 0 aliphatic carbocycles. The van der Waals surface area contributed by atoms with Crippen molar-refractivity contribution in [2.45, 2.75) is 37.1 Å². The van der Waals surface area contributed by atoms with Gasteiger partial charge in [-0.3, -0.25) is 9.78 Å². The fraction of sp³-hybridized carbons (Fsp3) is 0.429. The molecular formula is C21H25N3O3S. The number of benzene rings is 1. The van der Waals surface area contributed by atoms with E-state index in [2.05, 4.69) is 18.8 Å². The molecule has 0 unspecified atom stereocenters. The van der Waals surface area contributed by atoms with Gasteiger partial charge in [0.05, 0.1) is 16.0 Å². The third kappa shape index (κ3) is 2.93. The van der Waals surface area contributed by atoms with E-state index in [1.165, 1.54) is 0 Å². The molecule has 28 heavy (non-hydrogen) atoms. The van der Waals surface area contributed by atoms with Crippen LogP contribution in [0.4, 0.5) is 0 Å². The van der Waals surface area contributed by atoms with E-state index in [1.807, 2.05) is 12.1 Å². The van der Waals surface area contributed by atoms with Gasteiger partial charge >= 0.3 is 0 Å². The average molecular weight is 400 g/mol. The maximum Gasteiger partial charge on any atom is 0.255 e. The van der Waals surface area contributed by atoms with E-state index in [0.717, 1.165) is 12.0 Å². The van der Waals surface area contributed by atoms with Gasteiger partial charge in [-0.15, -0.1) is 0 Å². The van der Waals surface area contributed by atoms with E-state index < -0.39 is 15.6 Å². The normalized spacial score (nSPS) is 23.5. The highest BCUT2D eigenvalue weighted by Crippen LogP contribution is 2.49. The van der Waals surface area contributed by atoms with Crippen molar-refractivity contribution < 1.29 is 13.2 Å². The lowest BCUT2D eigenvalue weighted by atomic mass is 9.88. The van der Waals surface area contributed by atoms with Crippen molar-refractivity contribution in [3.8, 4) is 0 Å². The average Bonchev–Trinajstić information content (AvgIpc) is 3.20. The van der Waals surface area contributed by atoms with Crippen LogP contribution in [-0.4, -0.2) is 48.1 Å². The van der Waals surface area contributed by atoms with Crippen LogP contribution < -0.4 is 0 Å². The lowest BCUT2D eigenvalue weighted by Crippen LogP contribution is -2.47. The topological polar surface area (TPSA) is 70.6 Å². The van der Waals surface area contributed by atoms with Crippen LogP contribution in [0.15, 0.2) is 53.7 Å². The minimum Gasteiger partial charge on any atom is -0.336 e. The van der Waals surface area contributed by atoms with Crippen LogP contribution in [0.3, 0.4) is 0 Å². The fourth-order valence-electron chi connectivity index (χ4n) is 4.33. The van der Waals surface area contributed by atoms with Gasteiger partial charge in [0.15, 0.2) is 0 Å². The molecule has 1 amide bonds. The van der Waals surface area contributed by atoms with Crippen molar-refractivity contribution in [3.05, 3.63) is 59.9 Å². The van der Waals surface area contributed by atoms with Crippen molar-refractivity contribution in [1.82, 2.24) is 14.2 Å². The molecule has 148 valence electrons. The molecule has 2 aliphatic rings. The third-order valence-corrected chi connectivity index (χ3v) is 7.81. The van der Waals surface area contributed by atoms with Crippen molar-refractivity contribution in [1.29, 1.82) is 0 Å². The Balaban J connectivity index is 1.72. The number of aromatic nitrogens is 1. The van der Waals surface area contributed by atoms with Gasteiger partial charge < -0.3 is 4.90 Å². The number of hydrogen-bond acceptors (Lipinski definition) is 4. The summed E-state index contributed by atoms with van der Waals surface area (Å²) in [6.07, 6.45) is 4.58. The summed E-state index contributed by atoms with van der Waals surface area (Å²) in [7, 11) is -3.56. The summed E-state index contributed by atoms with van der Waals surface area (Å²) in [4.78, 5) is 19.1. The molecule has 4 rings (SSSR count). The monoisotopic (exact) mass is 399 g/mol. The first-order valence-corrected chi connectivity index (χ1v) is 11.1. The smallest absolute Gasteiger partial charge is 0.255 e. The molecule has 0 N–H and O–H groups in total. The Kier molecular flexibility index (Phi) is 4.75. The predicted molar refractivity (Wildman–Crippen MR) is 106 cm³/mol. The summed E-state index contributed by atoms with van der Waals surface area (Å²) in [5, 5.41) is 0. The lowest BCUT2D eigenvalue weighted by molar-refractivity contribution is 0.0762. The second-order valence-corrected chi connectivity index (χ2v) is 9.84. The van der Waals surface area contributed by atoms with Crippen LogP contribution in [-0.2, 0) is 15.6 Å². The number of nitrogens with zero attached hydrogens (tertiary/aromatic N) is 3. The minimum absolute atomic E-state index is 0.101. The molecule has 7 heteroatoms. The number of carbonyl (C=O) groups excluding carboxylic acids is 1. The molecule has 1 aromatic carbocycles. The first-order valence-electron chi connectivity index (χ1n) is 9.68. The molecule has 1 aromatic heterocycles. The van der Waals surface area contributed by atoms with Crippen LogP contribution in [0.2, 0.25) is 0 Å². The van der Waals surface area contributed by atoms with E-state index >= 15 is 0 Å². The zero-order chi connectivity index (χ0) is 19.9. The van der Waals surface area contributed by atoms with Gasteiger partial charge in [0.1, 0.15) is 0 Å². The van der Waals surface area contributed by atoms with Gasteiger partial charge in [-0.2, -0.15) is 4.31 Å². The zero-order valence-electron chi connectivity index (χ0n) is 16.2. The van der Waals surface area contributed by atoms with Crippen LogP contribution in [0.5, 0.6) is 0 Å². The quantitative estimate of drug-likeness (QED) is 0.793. The molecule has 2 aromatic rings. The highest BCUT2D eigenvalue weighted by molar-refractivity contribution is 7.89. The number of rotatable bonds is 4. The number of fused-ring (bicyclic) bond motifs is 2. The van der Waals surface area contributed by atoms with Crippen LogP contribution in [0.1, 0.15) is 42.6 Å². The molecule has 6 nitrogen and oxygen atoms in total. The van der Waals surface area contributed by atoms with Crippen LogP contribution >= 0.6 is 0 Å². The number of sulfonamides is 1. The lowest BCUT2D eigenvalue weighted by Gasteiger charge is -2.34. The van der Waals surface area contributed by atoms with Crippen molar-refractivity contribution in [2.75, 3.05) is 19.6 Å².